The molecule has 0 aliphatic heterocycles. The predicted octanol–water partition coefficient (Wildman–Crippen LogP) is 1.79. The Bertz CT molecular complexity index is 621. The van der Waals surface area contributed by atoms with Crippen LogP contribution in [-0.4, -0.2) is 20.5 Å². The Kier molecular flexibility index (Phi) is 4.55. The Morgan fingerprint density at radius 3 is 2.67 bits per heavy atom. The zero-order chi connectivity index (χ0) is 15.7. The van der Waals surface area contributed by atoms with Crippen LogP contribution < -0.4 is 16.2 Å². The van der Waals surface area contributed by atoms with E-state index < -0.39 is 15.8 Å². The SMILES string of the molecule is CC1CCCCC1(CN)Nc1ccc(S(N)(=O)=O)cc1F. The van der Waals surface area contributed by atoms with Gasteiger partial charge in [0.15, 0.2) is 0 Å². The topological polar surface area (TPSA) is 98.2 Å². The van der Waals surface area contributed by atoms with E-state index in [4.69, 9.17) is 10.9 Å². The first kappa shape index (κ1) is 16.2. The maximum Gasteiger partial charge on any atom is 0.238 e. The quantitative estimate of drug-likeness (QED) is 0.789. The molecule has 1 fully saturated rings. The standard InChI is InChI=1S/C14H22FN3O2S/c1-10-4-2-3-7-14(10,9-16)18-13-6-5-11(8-12(13)15)21(17,19)20/h5-6,8,10,18H,2-4,7,9,16H2,1H3,(H2,17,19,20). The third-order valence-electron chi connectivity index (χ3n) is 4.47. The molecule has 0 saturated heterocycles. The number of nitrogens with one attached hydrogen (secondary N) is 1. The molecule has 1 aromatic carbocycles. The summed E-state index contributed by atoms with van der Waals surface area (Å²) in [6, 6.07) is 3.65. The average molecular weight is 315 g/mol. The number of halogens is 1. The van der Waals surface area contributed by atoms with Crippen molar-refractivity contribution in [3.8, 4) is 0 Å². The number of primary sulfonamides is 1. The Morgan fingerprint density at radius 2 is 2.14 bits per heavy atom. The van der Waals surface area contributed by atoms with Gasteiger partial charge in [0.2, 0.25) is 10.0 Å². The van der Waals surface area contributed by atoms with E-state index in [1.165, 1.54) is 12.1 Å². The summed E-state index contributed by atoms with van der Waals surface area (Å²) in [6.07, 6.45) is 4.12. The van der Waals surface area contributed by atoms with Crippen molar-refractivity contribution in [1.82, 2.24) is 0 Å². The second kappa shape index (κ2) is 5.90. The van der Waals surface area contributed by atoms with Gasteiger partial charge in [0.1, 0.15) is 5.82 Å². The van der Waals surface area contributed by atoms with E-state index in [-0.39, 0.29) is 16.1 Å². The van der Waals surface area contributed by atoms with E-state index in [1.54, 1.807) is 0 Å². The summed E-state index contributed by atoms with van der Waals surface area (Å²) in [7, 11) is -3.90. The number of benzene rings is 1. The van der Waals surface area contributed by atoms with Crippen LogP contribution in [0.5, 0.6) is 0 Å². The van der Waals surface area contributed by atoms with Crippen molar-refractivity contribution in [2.45, 2.75) is 43.0 Å². The summed E-state index contributed by atoms with van der Waals surface area (Å²) < 4.78 is 36.6. The molecule has 0 amide bonds. The molecule has 1 aromatic rings. The molecule has 0 radical (unpaired) electrons. The van der Waals surface area contributed by atoms with Crippen LogP contribution in [0.2, 0.25) is 0 Å². The molecule has 7 heteroatoms. The maximum atomic E-state index is 14.1. The van der Waals surface area contributed by atoms with Gasteiger partial charge < -0.3 is 11.1 Å². The molecule has 0 bridgehead atoms. The normalized spacial score (nSPS) is 26.6. The number of hydrogen-bond acceptors (Lipinski definition) is 4. The van der Waals surface area contributed by atoms with E-state index in [0.717, 1.165) is 31.7 Å². The zero-order valence-electron chi connectivity index (χ0n) is 12.1. The number of sulfonamides is 1. The summed E-state index contributed by atoms with van der Waals surface area (Å²) in [5, 5.41) is 8.20. The van der Waals surface area contributed by atoms with E-state index in [9.17, 15) is 12.8 Å². The number of hydrogen-bond donors (Lipinski definition) is 3. The molecule has 0 aromatic heterocycles. The van der Waals surface area contributed by atoms with Crippen molar-refractivity contribution in [2.75, 3.05) is 11.9 Å². The minimum absolute atomic E-state index is 0.232. The highest BCUT2D eigenvalue weighted by molar-refractivity contribution is 7.89. The molecular weight excluding hydrogens is 293 g/mol. The number of anilines is 1. The molecule has 5 N–H and O–H groups in total. The molecule has 0 heterocycles. The third-order valence-corrected chi connectivity index (χ3v) is 5.38. The van der Waals surface area contributed by atoms with Gasteiger partial charge in [-0.1, -0.05) is 19.8 Å². The van der Waals surface area contributed by atoms with Gasteiger partial charge in [0.05, 0.1) is 16.1 Å². The van der Waals surface area contributed by atoms with Crippen molar-refractivity contribution in [3.63, 3.8) is 0 Å². The van der Waals surface area contributed by atoms with Gasteiger partial charge in [-0.2, -0.15) is 0 Å². The van der Waals surface area contributed by atoms with E-state index in [0.29, 0.717) is 12.5 Å². The van der Waals surface area contributed by atoms with Crippen molar-refractivity contribution < 1.29 is 12.8 Å². The number of nitrogens with two attached hydrogens (primary N) is 2. The highest BCUT2D eigenvalue weighted by Gasteiger charge is 2.37. The second-order valence-electron chi connectivity index (χ2n) is 5.82. The fourth-order valence-electron chi connectivity index (χ4n) is 3.00. The van der Waals surface area contributed by atoms with Crippen LogP contribution in [0.1, 0.15) is 32.6 Å². The van der Waals surface area contributed by atoms with E-state index in [1.807, 2.05) is 0 Å². The maximum absolute atomic E-state index is 14.1. The largest absolute Gasteiger partial charge is 0.376 e. The van der Waals surface area contributed by atoms with Crippen LogP contribution in [-0.2, 0) is 10.0 Å². The van der Waals surface area contributed by atoms with Crippen LogP contribution in [0.3, 0.4) is 0 Å². The first-order chi connectivity index (χ1) is 9.78. The molecule has 2 unspecified atom stereocenters. The first-order valence-corrected chi connectivity index (χ1v) is 8.64. The van der Waals surface area contributed by atoms with Crippen LogP contribution in [0, 0.1) is 11.7 Å². The van der Waals surface area contributed by atoms with Gasteiger partial charge in [0.25, 0.3) is 0 Å². The molecule has 1 aliphatic rings. The van der Waals surface area contributed by atoms with Gasteiger partial charge in [-0.15, -0.1) is 0 Å². The van der Waals surface area contributed by atoms with Crippen LogP contribution >= 0.6 is 0 Å². The van der Waals surface area contributed by atoms with Crippen molar-refractivity contribution in [2.24, 2.45) is 16.8 Å². The van der Waals surface area contributed by atoms with Crippen LogP contribution in [0.4, 0.5) is 10.1 Å². The molecule has 2 rings (SSSR count). The fourth-order valence-corrected chi connectivity index (χ4v) is 3.52. The smallest absolute Gasteiger partial charge is 0.238 e. The molecule has 0 spiro atoms. The Hall–Kier alpha value is -1.18. The van der Waals surface area contributed by atoms with Gasteiger partial charge in [-0.25, -0.2) is 17.9 Å². The van der Waals surface area contributed by atoms with Crippen LogP contribution in [0.15, 0.2) is 23.1 Å². The Labute approximate surface area is 125 Å². The fraction of sp³-hybridized carbons (Fsp3) is 0.571. The molecule has 118 valence electrons. The summed E-state index contributed by atoms with van der Waals surface area (Å²) in [5.41, 5.74) is 5.85. The Morgan fingerprint density at radius 1 is 1.43 bits per heavy atom. The minimum Gasteiger partial charge on any atom is -0.376 e. The van der Waals surface area contributed by atoms with Gasteiger partial charge >= 0.3 is 0 Å². The van der Waals surface area contributed by atoms with Crippen LogP contribution in [0.25, 0.3) is 0 Å². The predicted molar refractivity (Wildman–Crippen MR) is 80.8 cm³/mol. The van der Waals surface area contributed by atoms with Gasteiger partial charge in [-0.3, -0.25) is 0 Å². The number of rotatable bonds is 4. The summed E-state index contributed by atoms with van der Waals surface area (Å²) in [6.45, 7) is 2.51. The second-order valence-corrected chi connectivity index (χ2v) is 7.38. The third kappa shape index (κ3) is 3.36. The molecule has 1 saturated carbocycles. The Balaban J connectivity index is 2.30. The highest BCUT2D eigenvalue weighted by atomic mass is 32.2. The summed E-state index contributed by atoms with van der Waals surface area (Å²) in [4.78, 5) is -0.232. The van der Waals surface area contributed by atoms with Crippen molar-refractivity contribution >= 4 is 15.7 Å². The van der Waals surface area contributed by atoms with Crippen molar-refractivity contribution in [1.29, 1.82) is 0 Å². The average Bonchev–Trinajstić information content (AvgIpc) is 2.42. The minimum atomic E-state index is -3.90. The lowest BCUT2D eigenvalue weighted by molar-refractivity contribution is 0.235. The van der Waals surface area contributed by atoms with Gasteiger partial charge in [-0.05, 0) is 37.0 Å². The molecule has 5 nitrogen and oxygen atoms in total. The molecule has 21 heavy (non-hydrogen) atoms. The van der Waals surface area contributed by atoms with Gasteiger partial charge in [0, 0.05) is 6.54 Å². The van der Waals surface area contributed by atoms with E-state index in [2.05, 4.69) is 12.2 Å². The lowest BCUT2D eigenvalue weighted by Gasteiger charge is -2.43. The first-order valence-electron chi connectivity index (χ1n) is 7.09. The molecule has 1 aliphatic carbocycles. The highest BCUT2D eigenvalue weighted by Crippen LogP contribution is 2.36. The lowest BCUT2D eigenvalue weighted by Crippen LogP contribution is -2.52. The summed E-state index contributed by atoms with van der Waals surface area (Å²) >= 11 is 0. The van der Waals surface area contributed by atoms with E-state index >= 15 is 0 Å². The molecular formula is C14H22FN3O2S. The van der Waals surface area contributed by atoms with Crippen molar-refractivity contribution in [3.05, 3.63) is 24.0 Å². The lowest BCUT2D eigenvalue weighted by atomic mass is 9.73. The summed E-state index contributed by atoms with van der Waals surface area (Å²) in [5.74, 6) is -0.305. The monoisotopic (exact) mass is 315 g/mol. The zero-order valence-corrected chi connectivity index (χ0v) is 12.9. The molecule has 2 atom stereocenters.